The van der Waals surface area contributed by atoms with Gasteiger partial charge in [0.15, 0.2) is 0 Å². The van der Waals surface area contributed by atoms with Crippen molar-refractivity contribution in [2.75, 3.05) is 5.43 Å². The standard InChI is InChI=1S/C13H11BrN2O/c14-11-6-4-5-10(9-11)13(17)16-15-12-7-2-1-3-8-12/h1-9,15H,(H,16,17). The molecular weight excluding hydrogens is 280 g/mol. The molecule has 0 atom stereocenters. The van der Waals surface area contributed by atoms with Crippen LogP contribution in [0.5, 0.6) is 0 Å². The maximum atomic E-state index is 11.8. The Morgan fingerprint density at radius 2 is 1.76 bits per heavy atom. The van der Waals surface area contributed by atoms with E-state index >= 15 is 0 Å². The van der Waals surface area contributed by atoms with Gasteiger partial charge in [0.1, 0.15) is 0 Å². The molecule has 3 nitrogen and oxygen atoms in total. The predicted octanol–water partition coefficient (Wildman–Crippen LogP) is 3.21. The van der Waals surface area contributed by atoms with E-state index in [2.05, 4.69) is 26.8 Å². The molecule has 0 aliphatic carbocycles. The van der Waals surface area contributed by atoms with E-state index in [1.807, 2.05) is 42.5 Å². The second-order valence-corrected chi connectivity index (χ2v) is 4.37. The molecule has 1 amide bonds. The van der Waals surface area contributed by atoms with E-state index < -0.39 is 0 Å². The van der Waals surface area contributed by atoms with Crippen molar-refractivity contribution in [1.29, 1.82) is 0 Å². The van der Waals surface area contributed by atoms with Crippen LogP contribution in [0.3, 0.4) is 0 Å². The molecule has 0 radical (unpaired) electrons. The second-order valence-electron chi connectivity index (χ2n) is 3.46. The third-order valence-corrected chi connectivity index (χ3v) is 2.67. The summed E-state index contributed by atoms with van der Waals surface area (Å²) in [6.07, 6.45) is 0. The monoisotopic (exact) mass is 290 g/mol. The molecule has 2 aromatic rings. The number of halogens is 1. The van der Waals surface area contributed by atoms with E-state index in [4.69, 9.17) is 0 Å². The number of hydrogen-bond donors (Lipinski definition) is 2. The topological polar surface area (TPSA) is 41.1 Å². The Morgan fingerprint density at radius 1 is 1.00 bits per heavy atom. The van der Waals surface area contributed by atoms with E-state index in [1.165, 1.54) is 0 Å². The Labute approximate surface area is 108 Å². The van der Waals surface area contributed by atoms with Crippen LogP contribution in [0.25, 0.3) is 0 Å². The van der Waals surface area contributed by atoms with E-state index in [-0.39, 0.29) is 5.91 Å². The van der Waals surface area contributed by atoms with Crippen molar-refractivity contribution < 1.29 is 4.79 Å². The molecule has 2 N–H and O–H groups in total. The maximum Gasteiger partial charge on any atom is 0.269 e. The van der Waals surface area contributed by atoms with E-state index in [9.17, 15) is 4.79 Å². The van der Waals surface area contributed by atoms with Gasteiger partial charge in [0.05, 0.1) is 5.69 Å². The summed E-state index contributed by atoms with van der Waals surface area (Å²) in [6, 6.07) is 16.7. The Kier molecular flexibility index (Phi) is 3.77. The molecule has 2 aromatic carbocycles. The quantitative estimate of drug-likeness (QED) is 0.853. The first-order valence-electron chi connectivity index (χ1n) is 5.13. The van der Waals surface area contributed by atoms with Gasteiger partial charge in [-0.25, -0.2) is 0 Å². The molecule has 0 saturated heterocycles. The van der Waals surface area contributed by atoms with Gasteiger partial charge in [0, 0.05) is 10.0 Å². The number of amides is 1. The summed E-state index contributed by atoms with van der Waals surface area (Å²) in [5, 5.41) is 0. The molecule has 0 aliphatic heterocycles. The number of anilines is 1. The molecular formula is C13H11BrN2O. The second kappa shape index (κ2) is 5.50. The van der Waals surface area contributed by atoms with Crippen molar-refractivity contribution in [3.05, 3.63) is 64.6 Å². The van der Waals surface area contributed by atoms with Gasteiger partial charge in [0.2, 0.25) is 0 Å². The summed E-state index contributed by atoms with van der Waals surface area (Å²) < 4.78 is 0.880. The zero-order valence-electron chi connectivity index (χ0n) is 8.98. The van der Waals surface area contributed by atoms with Gasteiger partial charge in [-0.2, -0.15) is 0 Å². The number of hydrazine groups is 1. The van der Waals surface area contributed by atoms with Gasteiger partial charge in [-0.1, -0.05) is 40.2 Å². The normalized spacial score (nSPS) is 9.71. The van der Waals surface area contributed by atoms with Crippen molar-refractivity contribution >= 4 is 27.5 Å². The van der Waals surface area contributed by atoms with Gasteiger partial charge in [-0.3, -0.25) is 15.6 Å². The van der Waals surface area contributed by atoms with E-state index in [1.54, 1.807) is 12.1 Å². The summed E-state index contributed by atoms with van der Waals surface area (Å²) in [5.41, 5.74) is 6.92. The third kappa shape index (κ3) is 3.32. The summed E-state index contributed by atoms with van der Waals surface area (Å²) in [6.45, 7) is 0. The number of carbonyl (C=O) groups excluding carboxylic acids is 1. The first kappa shape index (κ1) is 11.7. The Hall–Kier alpha value is -1.81. The highest BCUT2D eigenvalue weighted by Gasteiger charge is 2.04. The molecule has 2 rings (SSSR count). The van der Waals surface area contributed by atoms with Crippen molar-refractivity contribution in [2.24, 2.45) is 0 Å². The fraction of sp³-hybridized carbons (Fsp3) is 0. The average molecular weight is 291 g/mol. The minimum atomic E-state index is -0.171. The largest absolute Gasteiger partial charge is 0.298 e. The molecule has 86 valence electrons. The number of carbonyl (C=O) groups is 1. The first-order valence-corrected chi connectivity index (χ1v) is 5.92. The van der Waals surface area contributed by atoms with Crippen LogP contribution in [-0.4, -0.2) is 5.91 Å². The minimum absolute atomic E-state index is 0.171. The molecule has 0 spiro atoms. The van der Waals surface area contributed by atoms with Crippen molar-refractivity contribution in [1.82, 2.24) is 5.43 Å². The minimum Gasteiger partial charge on any atom is -0.298 e. The molecule has 0 heterocycles. The predicted molar refractivity (Wildman–Crippen MR) is 71.7 cm³/mol. The number of rotatable bonds is 3. The lowest BCUT2D eigenvalue weighted by Crippen LogP contribution is -2.29. The van der Waals surface area contributed by atoms with Crippen LogP contribution in [0.15, 0.2) is 59.1 Å². The zero-order chi connectivity index (χ0) is 12.1. The molecule has 0 bridgehead atoms. The smallest absolute Gasteiger partial charge is 0.269 e. The van der Waals surface area contributed by atoms with Gasteiger partial charge < -0.3 is 0 Å². The third-order valence-electron chi connectivity index (χ3n) is 2.18. The number of hydrogen-bond acceptors (Lipinski definition) is 2. The molecule has 0 unspecified atom stereocenters. The first-order chi connectivity index (χ1) is 8.25. The summed E-state index contributed by atoms with van der Waals surface area (Å²) in [5.74, 6) is -0.171. The van der Waals surface area contributed by atoms with Gasteiger partial charge in [-0.05, 0) is 30.3 Å². The maximum absolute atomic E-state index is 11.8. The van der Waals surface area contributed by atoms with E-state index in [0.717, 1.165) is 10.2 Å². The molecule has 0 fully saturated rings. The molecule has 0 aromatic heterocycles. The SMILES string of the molecule is O=C(NNc1ccccc1)c1cccc(Br)c1. The average Bonchev–Trinajstić information content (AvgIpc) is 2.37. The Morgan fingerprint density at radius 3 is 2.47 bits per heavy atom. The van der Waals surface area contributed by atoms with Crippen molar-refractivity contribution in [3.63, 3.8) is 0 Å². The Balaban J connectivity index is 1.98. The van der Waals surface area contributed by atoms with Gasteiger partial charge >= 0.3 is 0 Å². The lowest BCUT2D eigenvalue weighted by Gasteiger charge is -2.08. The highest BCUT2D eigenvalue weighted by Crippen LogP contribution is 2.11. The van der Waals surface area contributed by atoms with E-state index in [0.29, 0.717) is 5.56 Å². The number of benzene rings is 2. The summed E-state index contributed by atoms with van der Waals surface area (Å²) >= 11 is 3.33. The fourth-order valence-electron chi connectivity index (χ4n) is 1.35. The molecule has 17 heavy (non-hydrogen) atoms. The van der Waals surface area contributed by atoms with Crippen LogP contribution in [0.2, 0.25) is 0 Å². The van der Waals surface area contributed by atoms with Crippen LogP contribution in [0, 0.1) is 0 Å². The molecule has 0 saturated carbocycles. The number of nitrogens with one attached hydrogen (secondary N) is 2. The van der Waals surface area contributed by atoms with Gasteiger partial charge in [-0.15, -0.1) is 0 Å². The molecule has 4 heteroatoms. The summed E-state index contributed by atoms with van der Waals surface area (Å²) in [4.78, 5) is 11.8. The molecule has 0 aliphatic rings. The van der Waals surface area contributed by atoms with Crippen molar-refractivity contribution in [3.8, 4) is 0 Å². The summed E-state index contributed by atoms with van der Waals surface area (Å²) in [7, 11) is 0. The lowest BCUT2D eigenvalue weighted by atomic mass is 10.2. The number of para-hydroxylation sites is 1. The van der Waals surface area contributed by atoms with Crippen LogP contribution in [0.4, 0.5) is 5.69 Å². The lowest BCUT2D eigenvalue weighted by molar-refractivity contribution is 0.0962. The van der Waals surface area contributed by atoms with Crippen LogP contribution in [0.1, 0.15) is 10.4 Å². The highest BCUT2D eigenvalue weighted by molar-refractivity contribution is 9.10. The van der Waals surface area contributed by atoms with Gasteiger partial charge in [0.25, 0.3) is 5.91 Å². The van der Waals surface area contributed by atoms with Crippen LogP contribution < -0.4 is 10.9 Å². The highest BCUT2D eigenvalue weighted by atomic mass is 79.9. The fourth-order valence-corrected chi connectivity index (χ4v) is 1.75. The zero-order valence-corrected chi connectivity index (χ0v) is 10.6. The van der Waals surface area contributed by atoms with Crippen LogP contribution >= 0.6 is 15.9 Å². The van der Waals surface area contributed by atoms with Crippen LogP contribution in [-0.2, 0) is 0 Å². The Bertz CT molecular complexity index is 514. The van der Waals surface area contributed by atoms with Crippen molar-refractivity contribution in [2.45, 2.75) is 0 Å².